The number of nitrogens with zero attached hydrogens (tertiary/aromatic N) is 3. The molecule has 0 aliphatic rings. The van der Waals surface area contributed by atoms with E-state index in [2.05, 4.69) is 35.8 Å². The molecule has 0 bridgehead atoms. The first kappa shape index (κ1) is 11.2. The molecule has 0 aliphatic heterocycles. The van der Waals surface area contributed by atoms with Crippen molar-refractivity contribution in [2.45, 2.75) is 6.92 Å². The van der Waals surface area contributed by atoms with Gasteiger partial charge in [-0.2, -0.15) is 0 Å². The van der Waals surface area contributed by atoms with Crippen LogP contribution in [0.15, 0.2) is 22.9 Å². The van der Waals surface area contributed by atoms with E-state index in [0.29, 0.717) is 16.3 Å². The van der Waals surface area contributed by atoms with E-state index in [0.717, 1.165) is 16.1 Å². The molecular weight excluding hydrogens is 292 g/mol. The number of carbonyl (C=O) groups excluding carboxylic acids is 1. The summed E-state index contributed by atoms with van der Waals surface area (Å²) in [5.41, 5.74) is 1.27. The van der Waals surface area contributed by atoms with Gasteiger partial charge < -0.3 is 5.32 Å². The van der Waals surface area contributed by atoms with Crippen molar-refractivity contribution in [2.75, 3.05) is 5.32 Å². The van der Waals surface area contributed by atoms with Crippen molar-refractivity contribution in [2.24, 2.45) is 0 Å². The fraction of sp³-hybridized carbons (Fsp3) is 0.111. The van der Waals surface area contributed by atoms with Gasteiger partial charge in [0.05, 0.1) is 17.6 Å². The summed E-state index contributed by atoms with van der Waals surface area (Å²) >= 11 is 4.30. The van der Waals surface area contributed by atoms with E-state index in [1.165, 1.54) is 0 Å². The lowest BCUT2D eigenvalue weighted by atomic mass is 10.3. The Morgan fingerprint density at radius 3 is 2.88 bits per heavy atom. The van der Waals surface area contributed by atoms with Crippen LogP contribution < -0.4 is 5.32 Å². The van der Waals surface area contributed by atoms with Gasteiger partial charge in [-0.15, -0.1) is 5.10 Å². The Labute approximate surface area is 104 Å². The Morgan fingerprint density at radius 1 is 1.50 bits per heavy atom. The van der Waals surface area contributed by atoms with E-state index in [-0.39, 0.29) is 5.91 Å². The Balaban J connectivity index is 2.14. The molecule has 0 spiro atoms. The number of aromatic nitrogens is 3. The van der Waals surface area contributed by atoms with Crippen LogP contribution in [0.1, 0.15) is 15.4 Å². The van der Waals surface area contributed by atoms with Crippen LogP contribution in [-0.4, -0.2) is 20.5 Å². The zero-order valence-corrected chi connectivity index (χ0v) is 10.7. The number of carbonyl (C=O) groups is 1. The van der Waals surface area contributed by atoms with Crippen molar-refractivity contribution < 1.29 is 4.79 Å². The molecule has 2 aromatic rings. The minimum Gasteiger partial charge on any atom is -0.320 e. The molecule has 0 radical (unpaired) electrons. The lowest BCUT2D eigenvalue weighted by Gasteiger charge is -2.02. The van der Waals surface area contributed by atoms with Crippen molar-refractivity contribution in [3.8, 4) is 0 Å². The van der Waals surface area contributed by atoms with E-state index in [1.807, 2.05) is 0 Å². The van der Waals surface area contributed by atoms with E-state index in [4.69, 9.17) is 0 Å². The molecule has 1 N–H and O–H groups in total. The van der Waals surface area contributed by atoms with Crippen molar-refractivity contribution in [1.82, 2.24) is 14.6 Å². The second-order valence-electron chi connectivity index (χ2n) is 3.01. The lowest BCUT2D eigenvalue weighted by Crippen LogP contribution is -2.11. The molecule has 0 unspecified atom stereocenters. The normalized spacial score (nSPS) is 10.1. The van der Waals surface area contributed by atoms with Gasteiger partial charge in [-0.05, 0) is 46.5 Å². The summed E-state index contributed by atoms with van der Waals surface area (Å²) in [6, 6.07) is 3.52. The molecular formula is C9H7BrN4OS. The standard InChI is InChI=1S/C9H7BrN4OS/c1-5-8(16-14-13-5)9(15)12-6-2-3-7(10)11-4-6/h2-4H,1H3,(H,12,15). The van der Waals surface area contributed by atoms with Crippen LogP contribution in [0.5, 0.6) is 0 Å². The van der Waals surface area contributed by atoms with Gasteiger partial charge in [0.1, 0.15) is 9.48 Å². The average Bonchev–Trinajstić information content (AvgIpc) is 2.68. The van der Waals surface area contributed by atoms with Crippen molar-refractivity contribution >= 4 is 39.1 Å². The van der Waals surface area contributed by atoms with Gasteiger partial charge in [0.25, 0.3) is 5.91 Å². The molecule has 0 saturated carbocycles. The zero-order valence-electron chi connectivity index (χ0n) is 8.27. The van der Waals surface area contributed by atoms with E-state index >= 15 is 0 Å². The highest BCUT2D eigenvalue weighted by Crippen LogP contribution is 2.14. The number of hydrogen-bond acceptors (Lipinski definition) is 5. The highest BCUT2D eigenvalue weighted by Gasteiger charge is 2.13. The molecule has 0 aliphatic carbocycles. The van der Waals surface area contributed by atoms with Crippen LogP contribution in [0, 0.1) is 6.92 Å². The lowest BCUT2D eigenvalue weighted by molar-refractivity contribution is 0.103. The minimum atomic E-state index is -0.211. The second kappa shape index (κ2) is 4.67. The van der Waals surface area contributed by atoms with Crippen LogP contribution in [0.25, 0.3) is 0 Å². The summed E-state index contributed by atoms with van der Waals surface area (Å²) < 4.78 is 4.43. The van der Waals surface area contributed by atoms with Crippen molar-refractivity contribution in [3.63, 3.8) is 0 Å². The third-order valence-corrected chi connectivity index (χ3v) is 3.14. The molecule has 16 heavy (non-hydrogen) atoms. The van der Waals surface area contributed by atoms with E-state index in [1.54, 1.807) is 25.3 Å². The molecule has 7 heteroatoms. The summed E-state index contributed by atoms with van der Waals surface area (Å²) in [7, 11) is 0. The fourth-order valence-electron chi connectivity index (χ4n) is 1.08. The van der Waals surface area contributed by atoms with E-state index in [9.17, 15) is 4.79 Å². The Bertz CT molecular complexity index is 510. The first-order valence-corrected chi connectivity index (χ1v) is 5.95. The monoisotopic (exact) mass is 298 g/mol. The number of halogens is 1. The number of anilines is 1. The third kappa shape index (κ3) is 2.42. The predicted octanol–water partition coefficient (Wildman–Crippen LogP) is 2.26. The molecule has 0 aromatic carbocycles. The van der Waals surface area contributed by atoms with Gasteiger partial charge in [0.2, 0.25) is 0 Å². The van der Waals surface area contributed by atoms with Crippen LogP contribution >= 0.6 is 27.5 Å². The van der Waals surface area contributed by atoms with Crippen LogP contribution in [0.3, 0.4) is 0 Å². The maximum absolute atomic E-state index is 11.8. The molecule has 0 fully saturated rings. The number of aryl methyl sites for hydroxylation is 1. The topological polar surface area (TPSA) is 67.8 Å². The van der Waals surface area contributed by atoms with Gasteiger partial charge in [-0.1, -0.05) is 4.49 Å². The van der Waals surface area contributed by atoms with Gasteiger partial charge in [0, 0.05) is 0 Å². The molecule has 5 nitrogen and oxygen atoms in total. The Hall–Kier alpha value is -1.34. The summed E-state index contributed by atoms with van der Waals surface area (Å²) in [5, 5.41) is 6.50. The van der Waals surface area contributed by atoms with Crippen LogP contribution in [-0.2, 0) is 0 Å². The first-order chi connectivity index (χ1) is 7.66. The van der Waals surface area contributed by atoms with Crippen LogP contribution in [0.2, 0.25) is 0 Å². The summed E-state index contributed by atoms with van der Waals surface area (Å²) in [4.78, 5) is 16.3. The van der Waals surface area contributed by atoms with Gasteiger partial charge in [-0.25, -0.2) is 4.98 Å². The summed E-state index contributed by atoms with van der Waals surface area (Å²) in [6.07, 6.45) is 1.58. The van der Waals surface area contributed by atoms with Crippen molar-refractivity contribution in [3.05, 3.63) is 33.5 Å². The van der Waals surface area contributed by atoms with E-state index < -0.39 is 0 Å². The Kier molecular flexibility index (Phi) is 3.25. The average molecular weight is 299 g/mol. The summed E-state index contributed by atoms with van der Waals surface area (Å²) in [5.74, 6) is -0.211. The SMILES string of the molecule is Cc1nnsc1C(=O)Nc1ccc(Br)nc1. The van der Waals surface area contributed by atoms with Crippen molar-refractivity contribution in [1.29, 1.82) is 0 Å². The maximum atomic E-state index is 11.8. The predicted molar refractivity (Wildman–Crippen MR) is 64.5 cm³/mol. The minimum absolute atomic E-state index is 0.211. The third-order valence-electron chi connectivity index (χ3n) is 1.84. The number of amides is 1. The maximum Gasteiger partial charge on any atom is 0.269 e. The Morgan fingerprint density at radius 2 is 2.31 bits per heavy atom. The molecule has 2 heterocycles. The van der Waals surface area contributed by atoms with Crippen LogP contribution in [0.4, 0.5) is 5.69 Å². The highest BCUT2D eigenvalue weighted by atomic mass is 79.9. The van der Waals surface area contributed by atoms with Gasteiger partial charge >= 0.3 is 0 Å². The first-order valence-electron chi connectivity index (χ1n) is 4.38. The summed E-state index contributed by atoms with van der Waals surface area (Å²) in [6.45, 7) is 1.75. The molecule has 1 amide bonds. The second-order valence-corrected chi connectivity index (χ2v) is 4.58. The molecule has 2 aromatic heterocycles. The molecule has 0 saturated heterocycles. The highest BCUT2D eigenvalue weighted by molar-refractivity contribution is 9.10. The number of nitrogens with one attached hydrogen (secondary N) is 1. The number of pyridine rings is 1. The molecule has 82 valence electrons. The fourth-order valence-corrected chi connectivity index (χ4v) is 1.86. The molecule has 0 atom stereocenters. The number of hydrogen-bond donors (Lipinski definition) is 1. The molecule has 2 rings (SSSR count). The largest absolute Gasteiger partial charge is 0.320 e. The van der Waals surface area contributed by atoms with Gasteiger partial charge in [-0.3, -0.25) is 4.79 Å². The quantitative estimate of drug-likeness (QED) is 0.864. The number of rotatable bonds is 2. The smallest absolute Gasteiger partial charge is 0.269 e. The zero-order chi connectivity index (χ0) is 11.5. The van der Waals surface area contributed by atoms with Gasteiger partial charge in [0.15, 0.2) is 0 Å².